The zero-order valence-electron chi connectivity index (χ0n) is 24.2. The number of pyridine rings is 1. The summed E-state index contributed by atoms with van der Waals surface area (Å²) in [5.74, 6) is 0.608. The highest BCUT2D eigenvalue weighted by Gasteiger charge is 2.25. The highest BCUT2D eigenvalue weighted by molar-refractivity contribution is 5.80. The Morgan fingerprint density at radius 2 is 1.83 bits per heavy atom. The molecule has 1 aliphatic rings. The quantitative estimate of drug-likeness (QED) is 0.200. The molecule has 3 heterocycles. The Hall–Kier alpha value is -4.53. The number of benzene rings is 2. The van der Waals surface area contributed by atoms with Crippen LogP contribution in [0.3, 0.4) is 0 Å². The lowest BCUT2D eigenvalue weighted by atomic mass is 9.96. The van der Waals surface area contributed by atoms with Crippen LogP contribution >= 0.6 is 0 Å². The molecule has 5 aromatic rings. The van der Waals surface area contributed by atoms with E-state index in [0.717, 1.165) is 89.8 Å². The van der Waals surface area contributed by atoms with Gasteiger partial charge in [-0.15, -0.1) is 5.10 Å². The van der Waals surface area contributed by atoms with Gasteiger partial charge in [0.25, 0.3) is 0 Å². The number of hydrogen-bond acceptors (Lipinski definition) is 6. The van der Waals surface area contributed by atoms with Crippen LogP contribution in [-0.4, -0.2) is 42.1 Å². The molecular weight excluding hydrogens is 526 g/mol. The molecule has 3 aromatic heterocycles. The normalized spacial score (nSPS) is 14.6. The van der Waals surface area contributed by atoms with E-state index in [4.69, 9.17) is 9.72 Å². The van der Waals surface area contributed by atoms with E-state index in [1.54, 1.807) is 0 Å². The number of carbonyl (C=O) groups excluding carboxylic acids is 1. The molecular formula is C33H37N7O2. The third kappa shape index (κ3) is 5.91. The lowest BCUT2D eigenvalue weighted by Crippen LogP contribution is -2.37. The number of amides is 1. The van der Waals surface area contributed by atoms with Crippen molar-refractivity contribution in [1.82, 2.24) is 35.3 Å². The number of unbranched alkanes of at least 4 members (excludes halogenated alkanes) is 1. The maximum Gasteiger partial charge on any atom is 0.408 e. The van der Waals surface area contributed by atoms with Crippen molar-refractivity contribution in [2.24, 2.45) is 0 Å². The molecule has 1 unspecified atom stereocenters. The summed E-state index contributed by atoms with van der Waals surface area (Å²) in [4.78, 5) is 18.2. The third-order valence-corrected chi connectivity index (χ3v) is 8.15. The minimum Gasteiger partial charge on any atom is -0.435 e. The van der Waals surface area contributed by atoms with Gasteiger partial charge >= 0.3 is 6.09 Å². The van der Waals surface area contributed by atoms with Gasteiger partial charge < -0.3 is 10.1 Å². The SMILES string of the molecule is CCCCc1cn2c(C(OC(=O)NC3CCCCC3)c3ccc(-c4ccccc4-c4nnn[nH]4)cc3)ccc(C)c2n1. The van der Waals surface area contributed by atoms with Crippen LogP contribution in [0, 0.1) is 6.92 Å². The molecule has 2 aromatic carbocycles. The summed E-state index contributed by atoms with van der Waals surface area (Å²) in [7, 11) is 0. The van der Waals surface area contributed by atoms with Gasteiger partial charge in [-0.1, -0.05) is 87.2 Å². The van der Waals surface area contributed by atoms with Crippen LogP contribution < -0.4 is 5.32 Å². The van der Waals surface area contributed by atoms with Crippen LogP contribution in [0.1, 0.15) is 80.5 Å². The Balaban J connectivity index is 1.37. The summed E-state index contributed by atoms with van der Waals surface area (Å²) in [6, 6.07) is 20.4. The van der Waals surface area contributed by atoms with E-state index < -0.39 is 6.10 Å². The molecule has 1 amide bonds. The van der Waals surface area contributed by atoms with Crippen molar-refractivity contribution in [2.45, 2.75) is 77.4 Å². The van der Waals surface area contributed by atoms with E-state index in [9.17, 15) is 4.79 Å². The first kappa shape index (κ1) is 27.6. The molecule has 1 saturated carbocycles. The molecule has 6 rings (SSSR count). The lowest BCUT2D eigenvalue weighted by molar-refractivity contribution is 0.108. The number of imidazole rings is 1. The molecule has 1 atom stereocenters. The van der Waals surface area contributed by atoms with Gasteiger partial charge in [0.1, 0.15) is 5.65 Å². The van der Waals surface area contributed by atoms with Gasteiger partial charge in [0.15, 0.2) is 11.9 Å². The summed E-state index contributed by atoms with van der Waals surface area (Å²) >= 11 is 0. The van der Waals surface area contributed by atoms with Gasteiger partial charge in [0.2, 0.25) is 0 Å². The molecule has 216 valence electrons. The van der Waals surface area contributed by atoms with Crippen LogP contribution in [-0.2, 0) is 11.2 Å². The second-order valence-electron chi connectivity index (χ2n) is 11.2. The monoisotopic (exact) mass is 563 g/mol. The van der Waals surface area contributed by atoms with E-state index in [-0.39, 0.29) is 12.1 Å². The maximum atomic E-state index is 13.3. The number of aromatic nitrogens is 6. The topological polar surface area (TPSA) is 110 Å². The summed E-state index contributed by atoms with van der Waals surface area (Å²) in [6.45, 7) is 4.25. The van der Waals surface area contributed by atoms with Gasteiger partial charge in [-0.2, -0.15) is 0 Å². The minimum atomic E-state index is -0.618. The van der Waals surface area contributed by atoms with Crippen LogP contribution in [0.15, 0.2) is 66.9 Å². The van der Waals surface area contributed by atoms with Gasteiger partial charge in [-0.25, -0.2) is 14.9 Å². The second-order valence-corrected chi connectivity index (χ2v) is 11.2. The molecule has 1 fully saturated rings. The molecule has 42 heavy (non-hydrogen) atoms. The number of fused-ring (bicyclic) bond motifs is 1. The van der Waals surface area contributed by atoms with Gasteiger partial charge in [-0.05, 0) is 71.4 Å². The molecule has 0 spiro atoms. The Labute approximate surface area is 245 Å². The summed E-state index contributed by atoms with van der Waals surface area (Å²) < 4.78 is 8.36. The predicted molar refractivity (Wildman–Crippen MR) is 162 cm³/mol. The van der Waals surface area contributed by atoms with Crippen molar-refractivity contribution in [3.63, 3.8) is 0 Å². The Kier molecular flexibility index (Phi) is 8.26. The predicted octanol–water partition coefficient (Wildman–Crippen LogP) is 6.98. The van der Waals surface area contributed by atoms with Crippen LogP contribution in [0.2, 0.25) is 0 Å². The van der Waals surface area contributed by atoms with Gasteiger partial charge in [0, 0.05) is 17.8 Å². The Morgan fingerprint density at radius 3 is 2.57 bits per heavy atom. The minimum absolute atomic E-state index is 0.156. The maximum absolute atomic E-state index is 13.3. The number of tetrazole rings is 1. The van der Waals surface area contributed by atoms with Gasteiger partial charge in [-0.3, -0.25) is 4.40 Å². The molecule has 2 N–H and O–H groups in total. The van der Waals surface area contributed by atoms with Crippen LogP contribution in [0.5, 0.6) is 0 Å². The van der Waals surface area contributed by atoms with E-state index in [0.29, 0.717) is 5.82 Å². The van der Waals surface area contributed by atoms with Crippen LogP contribution in [0.4, 0.5) is 4.79 Å². The van der Waals surface area contributed by atoms with E-state index >= 15 is 0 Å². The van der Waals surface area contributed by atoms with E-state index in [2.05, 4.69) is 68.6 Å². The van der Waals surface area contributed by atoms with Crippen molar-refractivity contribution in [1.29, 1.82) is 0 Å². The molecule has 1 aliphatic carbocycles. The average Bonchev–Trinajstić information content (AvgIpc) is 3.71. The van der Waals surface area contributed by atoms with Crippen molar-refractivity contribution in [3.8, 4) is 22.5 Å². The lowest BCUT2D eigenvalue weighted by Gasteiger charge is -2.25. The molecule has 0 aliphatic heterocycles. The molecule has 0 radical (unpaired) electrons. The van der Waals surface area contributed by atoms with Crippen LogP contribution in [0.25, 0.3) is 28.2 Å². The first-order valence-electron chi connectivity index (χ1n) is 15.0. The number of ether oxygens (including phenoxy) is 1. The fraction of sp³-hybridized carbons (Fsp3) is 0.364. The zero-order valence-corrected chi connectivity index (χ0v) is 24.2. The number of aryl methyl sites for hydroxylation is 2. The number of alkyl carbamates (subject to hydrolysis) is 1. The summed E-state index contributed by atoms with van der Waals surface area (Å²) in [5, 5.41) is 17.6. The molecule has 0 saturated heterocycles. The Bertz CT molecular complexity index is 1640. The number of carbonyl (C=O) groups is 1. The van der Waals surface area contributed by atoms with Crippen molar-refractivity contribution in [3.05, 3.63) is 89.4 Å². The third-order valence-electron chi connectivity index (χ3n) is 8.15. The van der Waals surface area contributed by atoms with Crippen molar-refractivity contribution in [2.75, 3.05) is 0 Å². The summed E-state index contributed by atoms with van der Waals surface area (Å²) in [5.41, 5.74) is 7.69. The molecule has 9 nitrogen and oxygen atoms in total. The van der Waals surface area contributed by atoms with Crippen molar-refractivity contribution >= 4 is 11.7 Å². The number of hydrogen-bond donors (Lipinski definition) is 2. The number of aromatic amines is 1. The zero-order chi connectivity index (χ0) is 28.9. The fourth-order valence-corrected chi connectivity index (χ4v) is 5.87. The Morgan fingerprint density at radius 1 is 1.05 bits per heavy atom. The average molecular weight is 564 g/mol. The first-order valence-corrected chi connectivity index (χ1v) is 15.0. The summed E-state index contributed by atoms with van der Waals surface area (Å²) in [6.07, 6.45) is 9.66. The smallest absolute Gasteiger partial charge is 0.408 e. The highest BCUT2D eigenvalue weighted by atomic mass is 16.6. The fourth-order valence-electron chi connectivity index (χ4n) is 5.87. The number of nitrogens with zero attached hydrogens (tertiary/aromatic N) is 5. The molecule has 9 heteroatoms. The van der Waals surface area contributed by atoms with Gasteiger partial charge in [0.05, 0.1) is 11.4 Å². The highest BCUT2D eigenvalue weighted by Crippen LogP contribution is 2.33. The number of H-pyrrole nitrogens is 1. The second kappa shape index (κ2) is 12.5. The standard InChI is InChI=1S/C33H37N7O2/c1-3-4-10-26-21-40-29(20-15-22(2)32(40)34-26)30(42-33(41)35-25-11-6-5-7-12-25)24-18-16-23(17-19-24)27-13-8-9-14-28(27)31-36-38-39-37-31/h8-9,13-21,25,30H,3-7,10-12H2,1-2H3,(H,35,41)(H,36,37,38,39). The largest absolute Gasteiger partial charge is 0.435 e. The molecule has 0 bridgehead atoms. The van der Waals surface area contributed by atoms with E-state index in [1.165, 1.54) is 6.42 Å². The first-order chi connectivity index (χ1) is 20.6. The van der Waals surface area contributed by atoms with Crippen molar-refractivity contribution < 1.29 is 9.53 Å². The number of rotatable bonds is 9. The van der Waals surface area contributed by atoms with E-state index in [1.807, 2.05) is 42.5 Å². The number of nitrogens with one attached hydrogen (secondary N) is 2.